The number of amides is 1. The Morgan fingerprint density at radius 1 is 1.24 bits per heavy atom. The maximum absolute atomic E-state index is 12.7. The van der Waals surface area contributed by atoms with E-state index in [1.54, 1.807) is 4.90 Å². The van der Waals surface area contributed by atoms with Crippen molar-refractivity contribution in [1.29, 1.82) is 0 Å². The van der Waals surface area contributed by atoms with Gasteiger partial charge in [0.2, 0.25) is 0 Å². The number of hydrogen-bond acceptors (Lipinski definition) is 4. The van der Waals surface area contributed by atoms with Gasteiger partial charge in [-0.25, -0.2) is 9.59 Å². The molecule has 1 aromatic heterocycles. The van der Waals surface area contributed by atoms with Crippen LogP contribution in [0.5, 0.6) is 0 Å². The van der Waals surface area contributed by atoms with Crippen LogP contribution in [0, 0.1) is 25.7 Å². The van der Waals surface area contributed by atoms with Gasteiger partial charge in [0.15, 0.2) is 5.69 Å². The highest BCUT2D eigenvalue weighted by molar-refractivity contribution is 6.33. The molecule has 2 aliphatic rings. The number of carboxylic acid groups (broad SMARTS) is 1. The summed E-state index contributed by atoms with van der Waals surface area (Å²) in [6.07, 6.45) is 3.33. The number of aromatic carboxylic acids is 1. The summed E-state index contributed by atoms with van der Waals surface area (Å²) in [6.45, 7) is 6.11. The van der Waals surface area contributed by atoms with Gasteiger partial charge in [0, 0.05) is 13.1 Å². The molecule has 2 heterocycles. The molecule has 1 aliphatic carbocycles. The first-order chi connectivity index (χ1) is 13.8. The fourth-order valence-electron chi connectivity index (χ4n) is 4.45. The van der Waals surface area contributed by atoms with Gasteiger partial charge in [-0.05, 0) is 55.2 Å². The van der Waals surface area contributed by atoms with E-state index in [0.717, 1.165) is 17.5 Å². The summed E-state index contributed by atoms with van der Waals surface area (Å²) >= 11 is 5.86. The van der Waals surface area contributed by atoms with E-state index in [2.05, 4.69) is 37.1 Å². The van der Waals surface area contributed by atoms with Crippen molar-refractivity contribution in [2.24, 2.45) is 11.8 Å². The van der Waals surface area contributed by atoms with Crippen molar-refractivity contribution in [2.45, 2.75) is 39.4 Å². The number of fused-ring (bicyclic) bond motifs is 1. The van der Waals surface area contributed by atoms with Crippen LogP contribution in [0.4, 0.5) is 4.79 Å². The van der Waals surface area contributed by atoms with Crippen LogP contribution in [0.3, 0.4) is 0 Å². The fourth-order valence-corrected chi connectivity index (χ4v) is 4.66. The monoisotopic (exact) mass is 417 g/mol. The van der Waals surface area contributed by atoms with Gasteiger partial charge in [0.1, 0.15) is 0 Å². The van der Waals surface area contributed by atoms with Crippen LogP contribution in [-0.2, 0) is 11.3 Å². The standard InChI is InChI=1S/C21H24ClN3O4/c1-12-4-3-5-14(13(12)2)11-29-17-6-15-8-24(9-16(15)7-17)21(28)25-10-18(22)19(23-25)20(26)27/h3-5,10,15-17H,6-9,11H2,1-2H3,(H,26,27)/t15-,16+,17?. The minimum atomic E-state index is -1.25. The average Bonchev–Trinajstić information content (AvgIpc) is 3.35. The number of nitrogens with zero attached hydrogens (tertiary/aromatic N) is 3. The molecule has 0 bridgehead atoms. The van der Waals surface area contributed by atoms with Gasteiger partial charge >= 0.3 is 12.0 Å². The third-order valence-electron chi connectivity index (χ3n) is 6.24. The zero-order valence-electron chi connectivity index (χ0n) is 16.5. The zero-order chi connectivity index (χ0) is 20.7. The van der Waals surface area contributed by atoms with Crippen LogP contribution < -0.4 is 0 Å². The Balaban J connectivity index is 1.33. The second-order valence-corrected chi connectivity index (χ2v) is 8.45. The highest BCUT2D eigenvalue weighted by Crippen LogP contribution is 2.40. The summed E-state index contributed by atoms with van der Waals surface area (Å²) in [5.74, 6) is -0.455. The van der Waals surface area contributed by atoms with E-state index < -0.39 is 5.97 Å². The number of rotatable bonds is 4. The third-order valence-corrected chi connectivity index (χ3v) is 6.51. The van der Waals surface area contributed by atoms with Crippen LogP contribution in [0.25, 0.3) is 0 Å². The van der Waals surface area contributed by atoms with Crippen molar-refractivity contribution in [3.8, 4) is 0 Å². The molecular weight excluding hydrogens is 394 g/mol. The SMILES string of the molecule is Cc1cccc(COC2C[C@@H]3CN(C(=O)n4cc(Cl)c(C(=O)O)n4)C[C@@H]3C2)c1C. The van der Waals surface area contributed by atoms with E-state index >= 15 is 0 Å². The molecule has 2 fully saturated rings. The predicted octanol–water partition coefficient (Wildman–Crippen LogP) is 3.75. The fraction of sp³-hybridized carbons (Fsp3) is 0.476. The summed E-state index contributed by atoms with van der Waals surface area (Å²) in [5, 5.41) is 12.8. The van der Waals surface area contributed by atoms with E-state index in [1.165, 1.54) is 22.9 Å². The molecule has 8 heteroatoms. The van der Waals surface area contributed by atoms with Gasteiger partial charge in [0.25, 0.3) is 0 Å². The van der Waals surface area contributed by atoms with Crippen molar-refractivity contribution >= 4 is 23.6 Å². The van der Waals surface area contributed by atoms with Gasteiger partial charge in [-0.15, -0.1) is 0 Å². The normalized spacial score (nSPS) is 23.4. The largest absolute Gasteiger partial charge is 0.476 e. The molecule has 1 saturated carbocycles. The molecule has 1 amide bonds. The Kier molecular flexibility index (Phi) is 5.36. The third kappa shape index (κ3) is 3.89. The van der Waals surface area contributed by atoms with E-state index in [1.807, 2.05) is 0 Å². The molecular formula is C21H24ClN3O4. The van der Waals surface area contributed by atoms with Crippen LogP contribution in [0.1, 0.15) is 40.0 Å². The maximum atomic E-state index is 12.7. The van der Waals surface area contributed by atoms with Crippen LogP contribution in [0.2, 0.25) is 5.02 Å². The Morgan fingerprint density at radius 2 is 1.93 bits per heavy atom. The molecule has 0 radical (unpaired) electrons. The summed E-state index contributed by atoms with van der Waals surface area (Å²) in [7, 11) is 0. The van der Waals surface area contributed by atoms with Crippen molar-refractivity contribution in [1.82, 2.24) is 14.7 Å². The number of carboxylic acids is 1. The van der Waals surface area contributed by atoms with Gasteiger partial charge in [-0.3, -0.25) is 0 Å². The number of likely N-dealkylation sites (tertiary alicyclic amines) is 1. The number of aromatic nitrogens is 2. The zero-order valence-corrected chi connectivity index (χ0v) is 17.2. The van der Waals surface area contributed by atoms with Crippen molar-refractivity contribution in [3.63, 3.8) is 0 Å². The molecule has 1 N–H and O–H groups in total. The van der Waals surface area contributed by atoms with Gasteiger partial charge < -0.3 is 14.7 Å². The lowest BCUT2D eigenvalue weighted by atomic mass is 10.0. The Bertz CT molecular complexity index is 943. The van der Waals surface area contributed by atoms with Gasteiger partial charge in [-0.1, -0.05) is 29.8 Å². The minimum absolute atomic E-state index is 0.0369. The quantitative estimate of drug-likeness (QED) is 0.818. The van der Waals surface area contributed by atoms with Crippen molar-refractivity contribution < 1.29 is 19.4 Å². The predicted molar refractivity (Wildman–Crippen MR) is 107 cm³/mol. The number of ether oxygens (including phenoxy) is 1. The number of hydrogen-bond donors (Lipinski definition) is 1. The van der Waals surface area contributed by atoms with Crippen molar-refractivity contribution in [2.75, 3.05) is 13.1 Å². The van der Waals surface area contributed by atoms with Gasteiger partial charge in [0.05, 0.1) is 23.9 Å². The molecule has 2 aromatic rings. The molecule has 3 atom stereocenters. The maximum Gasteiger partial charge on any atom is 0.357 e. The van der Waals surface area contributed by atoms with Crippen molar-refractivity contribution in [3.05, 3.63) is 51.8 Å². The molecule has 1 saturated heterocycles. The highest BCUT2D eigenvalue weighted by atomic mass is 35.5. The molecule has 1 unspecified atom stereocenters. The molecule has 0 spiro atoms. The lowest BCUT2D eigenvalue weighted by Gasteiger charge is -2.19. The lowest BCUT2D eigenvalue weighted by molar-refractivity contribution is 0.0380. The van der Waals surface area contributed by atoms with Crippen LogP contribution in [-0.4, -0.2) is 51.0 Å². The second-order valence-electron chi connectivity index (χ2n) is 8.05. The van der Waals surface area contributed by atoms with E-state index in [0.29, 0.717) is 31.5 Å². The van der Waals surface area contributed by atoms with Crippen LogP contribution >= 0.6 is 11.6 Å². The Morgan fingerprint density at radius 3 is 2.55 bits per heavy atom. The molecule has 1 aromatic carbocycles. The number of benzene rings is 1. The Hall–Kier alpha value is -2.38. The summed E-state index contributed by atoms with van der Waals surface area (Å²) < 4.78 is 7.21. The minimum Gasteiger partial charge on any atom is -0.476 e. The highest BCUT2D eigenvalue weighted by Gasteiger charge is 2.43. The molecule has 1 aliphatic heterocycles. The summed E-state index contributed by atoms with van der Waals surface area (Å²) in [4.78, 5) is 25.5. The second kappa shape index (κ2) is 7.80. The topological polar surface area (TPSA) is 84.7 Å². The van der Waals surface area contributed by atoms with E-state index in [-0.39, 0.29) is 22.9 Å². The number of halogens is 1. The van der Waals surface area contributed by atoms with E-state index in [9.17, 15) is 9.59 Å². The average molecular weight is 418 g/mol. The first-order valence-corrected chi connectivity index (χ1v) is 10.2. The number of carbonyl (C=O) groups excluding carboxylic acids is 1. The Labute approximate surface area is 174 Å². The molecule has 154 valence electrons. The number of carbonyl (C=O) groups is 2. The first-order valence-electron chi connectivity index (χ1n) is 9.78. The molecule has 29 heavy (non-hydrogen) atoms. The number of aryl methyl sites for hydroxylation is 1. The van der Waals surface area contributed by atoms with E-state index in [4.69, 9.17) is 21.4 Å². The molecule has 4 rings (SSSR count). The summed E-state index contributed by atoms with van der Waals surface area (Å²) in [6, 6.07) is 5.95. The first kappa shape index (κ1) is 19.9. The summed E-state index contributed by atoms with van der Waals surface area (Å²) in [5.41, 5.74) is 3.47. The van der Waals surface area contributed by atoms with Gasteiger partial charge in [-0.2, -0.15) is 9.78 Å². The molecule has 7 nitrogen and oxygen atoms in total. The smallest absolute Gasteiger partial charge is 0.357 e. The van der Waals surface area contributed by atoms with Crippen LogP contribution in [0.15, 0.2) is 24.4 Å². The lowest BCUT2D eigenvalue weighted by Crippen LogP contribution is -2.34.